The standard InChI is InChI=1S/C17H23FN2S/c1-5-14-15(11-19-17(2,3)4)21-16(20-14)10-12-7-6-8-13(18)9-12/h6-9,19H,5,10-11H2,1-4H3. The second-order valence-electron chi connectivity index (χ2n) is 6.24. The monoisotopic (exact) mass is 306 g/mol. The van der Waals surface area contributed by atoms with Gasteiger partial charge in [0.2, 0.25) is 0 Å². The number of hydrogen-bond donors (Lipinski definition) is 1. The fourth-order valence-corrected chi connectivity index (χ4v) is 3.22. The van der Waals surface area contributed by atoms with E-state index in [-0.39, 0.29) is 11.4 Å². The van der Waals surface area contributed by atoms with Crippen LogP contribution in [0.15, 0.2) is 24.3 Å². The Balaban J connectivity index is 2.12. The lowest BCUT2D eigenvalue weighted by atomic mass is 10.1. The Morgan fingerprint density at radius 2 is 2.05 bits per heavy atom. The van der Waals surface area contributed by atoms with Gasteiger partial charge in [-0.1, -0.05) is 19.1 Å². The number of aromatic nitrogens is 1. The van der Waals surface area contributed by atoms with Gasteiger partial charge in [0.25, 0.3) is 0 Å². The second kappa shape index (κ2) is 6.67. The van der Waals surface area contributed by atoms with E-state index in [1.54, 1.807) is 23.5 Å². The lowest BCUT2D eigenvalue weighted by molar-refractivity contribution is 0.425. The van der Waals surface area contributed by atoms with Gasteiger partial charge >= 0.3 is 0 Å². The minimum absolute atomic E-state index is 0.0950. The summed E-state index contributed by atoms with van der Waals surface area (Å²) in [6.45, 7) is 9.45. The highest BCUT2D eigenvalue weighted by atomic mass is 32.1. The highest BCUT2D eigenvalue weighted by Gasteiger charge is 2.14. The molecule has 2 rings (SSSR count). The molecule has 1 N–H and O–H groups in total. The van der Waals surface area contributed by atoms with Gasteiger partial charge in [0.15, 0.2) is 0 Å². The van der Waals surface area contributed by atoms with E-state index in [0.29, 0.717) is 6.42 Å². The minimum atomic E-state index is -0.186. The highest BCUT2D eigenvalue weighted by molar-refractivity contribution is 7.11. The van der Waals surface area contributed by atoms with E-state index in [0.717, 1.165) is 29.2 Å². The SMILES string of the molecule is CCc1nc(Cc2cccc(F)c2)sc1CNC(C)(C)C. The summed E-state index contributed by atoms with van der Waals surface area (Å²) in [7, 11) is 0. The molecule has 1 aromatic carbocycles. The van der Waals surface area contributed by atoms with Crippen LogP contribution in [0.25, 0.3) is 0 Å². The van der Waals surface area contributed by atoms with Gasteiger partial charge in [-0.15, -0.1) is 11.3 Å². The zero-order valence-electron chi connectivity index (χ0n) is 13.2. The van der Waals surface area contributed by atoms with Crippen molar-refractivity contribution in [3.8, 4) is 0 Å². The summed E-state index contributed by atoms with van der Waals surface area (Å²) in [4.78, 5) is 6.00. The Hall–Kier alpha value is -1.26. The van der Waals surface area contributed by atoms with Crippen LogP contribution < -0.4 is 5.32 Å². The second-order valence-corrected chi connectivity index (χ2v) is 7.41. The van der Waals surface area contributed by atoms with Crippen molar-refractivity contribution >= 4 is 11.3 Å². The lowest BCUT2D eigenvalue weighted by Gasteiger charge is -2.20. The number of nitrogens with zero attached hydrogens (tertiary/aromatic N) is 1. The summed E-state index contributed by atoms with van der Waals surface area (Å²) in [6.07, 6.45) is 1.63. The first-order chi connectivity index (χ1) is 9.87. The molecule has 0 aliphatic carbocycles. The molecule has 0 spiro atoms. The van der Waals surface area contributed by atoms with E-state index in [2.05, 4.69) is 33.0 Å². The first kappa shape index (κ1) is 16.1. The normalized spacial score (nSPS) is 11.9. The highest BCUT2D eigenvalue weighted by Crippen LogP contribution is 2.22. The molecule has 0 aliphatic rings. The average Bonchev–Trinajstić information content (AvgIpc) is 2.78. The number of thiazole rings is 1. The number of nitrogens with one attached hydrogen (secondary N) is 1. The number of rotatable bonds is 5. The Morgan fingerprint density at radius 3 is 2.67 bits per heavy atom. The van der Waals surface area contributed by atoms with Crippen LogP contribution in [0.2, 0.25) is 0 Å². The Morgan fingerprint density at radius 1 is 1.29 bits per heavy atom. The molecule has 21 heavy (non-hydrogen) atoms. The Labute approximate surface area is 130 Å². The molecular formula is C17H23FN2S. The predicted molar refractivity (Wildman–Crippen MR) is 87.3 cm³/mol. The summed E-state index contributed by atoms with van der Waals surface area (Å²) in [5.41, 5.74) is 2.22. The zero-order chi connectivity index (χ0) is 15.5. The fraction of sp³-hybridized carbons (Fsp3) is 0.471. The number of hydrogen-bond acceptors (Lipinski definition) is 3. The summed E-state index contributed by atoms with van der Waals surface area (Å²) in [5.74, 6) is -0.186. The third-order valence-electron chi connectivity index (χ3n) is 3.18. The maximum atomic E-state index is 13.2. The summed E-state index contributed by atoms with van der Waals surface area (Å²) in [6, 6.07) is 6.76. The van der Waals surface area contributed by atoms with Crippen LogP contribution in [0, 0.1) is 5.82 Å². The quantitative estimate of drug-likeness (QED) is 0.889. The van der Waals surface area contributed by atoms with Crippen molar-refractivity contribution in [1.29, 1.82) is 0 Å². The molecule has 0 fully saturated rings. The molecule has 114 valence electrons. The molecular weight excluding hydrogens is 283 g/mol. The van der Waals surface area contributed by atoms with Gasteiger partial charge in [0, 0.05) is 23.4 Å². The average molecular weight is 306 g/mol. The Kier molecular flexibility index (Phi) is 5.12. The van der Waals surface area contributed by atoms with Gasteiger partial charge in [0.1, 0.15) is 5.82 Å². The third kappa shape index (κ3) is 4.90. The van der Waals surface area contributed by atoms with Crippen molar-refractivity contribution in [2.24, 2.45) is 0 Å². The van der Waals surface area contributed by atoms with Gasteiger partial charge in [-0.3, -0.25) is 0 Å². The molecule has 0 bridgehead atoms. The van der Waals surface area contributed by atoms with Gasteiger partial charge < -0.3 is 5.32 Å². The van der Waals surface area contributed by atoms with Crippen molar-refractivity contribution in [1.82, 2.24) is 10.3 Å². The molecule has 2 aromatic rings. The van der Waals surface area contributed by atoms with E-state index in [1.807, 2.05) is 6.07 Å². The van der Waals surface area contributed by atoms with Crippen LogP contribution in [0.1, 0.15) is 48.8 Å². The molecule has 4 heteroatoms. The van der Waals surface area contributed by atoms with Crippen LogP contribution >= 0.6 is 11.3 Å². The third-order valence-corrected chi connectivity index (χ3v) is 4.28. The maximum Gasteiger partial charge on any atom is 0.123 e. The molecule has 0 saturated carbocycles. The van der Waals surface area contributed by atoms with Gasteiger partial charge in [-0.2, -0.15) is 0 Å². The van der Waals surface area contributed by atoms with Crippen LogP contribution in [-0.4, -0.2) is 10.5 Å². The molecule has 0 aliphatic heterocycles. The molecule has 1 heterocycles. The maximum absolute atomic E-state index is 13.2. The van der Waals surface area contributed by atoms with E-state index in [9.17, 15) is 4.39 Å². The van der Waals surface area contributed by atoms with E-state index >= 15 is 0 Å². The number of benzene rings is 1. The van der Waals surface area contributed by atoms with Crippen LogP contribution in [-0.2, 0) is 19.4 Å². The van der Waals surface area contributed by atoms with E-state index in [1.165, 1.54) is 10.9 Å². The number of aryl methyl sites for hydroxylation is 1. The summed E-state index contributed by atoms with van der Waals surface area (Å²) in [5, 5.41) is 4.57. The van der Waals surface area contributed by atoms with Crippen molar-refractivity contribution in [3.05, 3.63) is 51.2 Å². The van der Waals surface area contributed by atoms with Crippen molar-refractivity contribution in [2.75, 3.05) is 0 Å². The van der Waals surface area contributed by atoms with Crippen molar-refractivity contribution in [2.45, 2.75) is 52.6 Å². The Bertz CT molecular complexity index is 599. The molecule has 2 nitrogen and oxygen atoms in total. The minimum Gasteiger partial charge on any atom is -0.307 e. The van der Waals surface area contributed by atoms with Crippen LogP contribution in [0.5, 0.6) is 0 Å². The molecule has 0 saturated heterocycles. The first-order valence-electron chi connectivity index (χ1n) is 7.34. The summed E-state index contributed by atoms with van der Waals surface area (Å²) < 4.78 is 13.2. The zero-order valence-corrected chi connectivity index (χ0v) is 14.0. The predicted octanol–water partition coefficient (Wildman–Crippen LogP) is 4.32. The largest absolute Gasteiger partial charge is 0.307 e. The van der Waals surface area contributed by atoms with Gasteiger partial charge in [-0.25, -0.2) is 9.37 Å². The van der Waals surface area contributed by atoms with Gasteiger partial charge in [-0.05, 0) is 44.9 Å². The van der Waals surface area contributed by atoms with E-state index < -0.39 is 0 Å². The van der Waals surface area contributed by atoms with Crippen LogP contribution in [0.3, 0.4) is 0 Å². The molecule has 0 unspecified atom stereocenters. The van der Waals surface area contributed by atoms with E-state index in [4.69, 9.17) is 4.98 Å². The van der Waals surface area contributed by atoms with Crippen LogP contribution in [0.4, 0.5) is 4.39 Å². The van der Waals surface area contributed by atoms with Crippen molar-refractivity contribution < 1.29 is 4.39 Å². The smallest absolute Gasteiger partial charge is 0.123 e. The number of halogens is 1. The molecule has 1 aromatic heterocycles. The van der Waals surface area contributed by atoms with Gasteiger partial charge in [0.05, 0.1) is 10.7 Å². The lowest BCUT2D eigenvalue weighted by Crippen LogP contribution is -2.35. The van der Waals surface area contributed by atoms with Crippen molar-refractivity contribution in [3.63, 3.8) is 0 Å². The topological polar surface area (TPSA) is 24.9 Å². The summed E-state index contributed by atoms with van der Waals surface area (Å²) >= 11 is 1.73. The molecule has 0 amide bonds. The molecule has 0 radical (unpaired) electrons. The first-order valence-corrected chi connectivity index (χ1v) is 8.16. The molecule has 0 atom stereocenters. The fourth-order valence-electron chi connectivity index (χ4n) is 2.09.